The lowest BCUT2D eigenvalue weighted by molar-refractivity contribution is -0.141. The topological polar surface area (TPSA) is 78.5 Å². The Balaban J connectivity index is 1.86. The van der Waals surface area contributed by atoms with Gasteiger partial charge in [0.05, 0.1) is 12.2 Å². The van der Waals surface area contributed by atoms with E-state index in [9.17, 15) is 13.2 Å². The van der Waals surface area contributed by atoms with Gasteiger partial charge in [-0.1, -0.05) is 0 Å². The minimum absolute atomic E-state index is 0.128. The quantitative estimate of drug-likeness (QED) is 0.717. The van der Waals surface area contributed by atoms with Gasteiger partial charge in [0.25, 0.3) is 0 Å². The number of amides is 1. The van der Waals surface area contributed by atoms with Gasteiger partial charge in [-0.3, -0.25) is 4.79 Å². The SMILES string of the molecule is CS(=O)(=O)NCCC1CCCCN1C(=O)C1CNC1. The molecule has 0 aromatic carbocycles. The van der Waals surface area contributed by atoms with Crippen molar-refractivity contribution in [2.45, 2.75) is 31.7 Å². The number of carbonyl (C=O) groups excluding carboxylic acids is 1. The van der Waals surface area contributed by atoms with Crippen LogP contribution in [0.5, 0.6) is 0 Å². The van der Waals surface area contributed by atoms with E-state index in [1.807, 2.05) is 4.90 Å². The molecule has 0 aromatic rings. The maximum Gasteiger partial charge on any atom is 0.228 e. The van der Waals surface area contributed by atoms with Crippen molar-refractivity contribution in [1.82, 2.24) is 14.9 Å². The van der Waals surface area contributed by atoms with Gasteiger partial charge in [-0.05, 0) is 25.7 Å². The maximum absolute atomic E-state index is 12.3. The summed E-state index contributed by atoms with van der Waals surface area (Å²) in [7, 11) is -3.14. The Kier molecular flexibility index (Phi) is 4.81. The minimum atomic E-state index is -3.14. The molecule has 2 aliphatic heterocycles. The molecule has 7 heteroatoms. The minimum Gasteiger partial charge on any atom is -0.339 e. The van der Waals surface area contributed by atoms with Crippen LogP contribution in [0.4, 0.5) is 0 Å². The number of hydrogen-bond donors (Lipinski definition) is 2. The molecule has 1 amide bonds. The largest absolute Gasteiger partial charge is 0.339 e. The average Bonchev–Trinajstić information content (AvgIpc) is 2.25. The molecule has 2 heterocycles. The number of nitrogens with one attached hydrogen (secondary N) is 2. The molecule has 0 spiro atoms. The fourth-order valence-electron chi connectivity index (χ4n) is 2.70. The third kappa shape index (κ3) is 4.15. The fourth-order valence-corrected chi connectivity index (χ4v) is 3.19. The van der Waals surface area contributed by atoms with E-state index in [0.717, 1.165) is 45.2 Å². The molecular weight excluding hydrogens is 266 g/mol. The highest BCUT2D eigenvalue weighted by Gasteiger charge is 2.33. The van der Waals surface area contributed by atoms with Crippen LogP contribution in [0, 0.1) is 5.92 Å². The molecule has 2 fully saturated rings. The molecule has 2 rings (SSSR count). The number of likely N-dealkylation sites (tertiary alicyclic amines) is 1. The second-order valence-electron chi connectivity index (χ2n) is 5.49. The number of piperidine rings is 1. The van der Waals surface area contributed by atoms with Gasteiger partial charge in [0, 0.05) is 32.2 Å². The molecule has 110 valence electrons. The second-order valence-corrected chi connectivity index (χ2v) is 7.32. The lowest BCUT2D eigenvalue weighted by Crippen LogP contribution is -2.55. The van der Waals surface area contributed by atoms with Gasteiger partial charge in [-0.25, -0.2) is 13.1 Å². The van der Waals surface area contributed by atoms with Crippen LogP contribution in [-0.4, -0.2) is 57.7 Å². The highest BCUT2D eigenvalue weighted by atomic mass is 32.2. The van der Waals surface area contributed by atoms with E-state index in [-0.39, 0.29) is 17.9 Å². The number of sulfonamides is 1. The first kappa shape index (κ1) is 14.7. The summed E-state index contributed by atoms with van der Waals surface area (Å²) in [4.78, 5) is 14.3. The van der Waals surface area contributed by atoms with Gasteiger partial charge in [0.1, 0.15) is 0 Å². The monoisotopic (exact) mass is 289 g/mol. The zero-order valence-corrected chi connectivity index (χ0v) is 12.2. The van der Waals surface area contributed by atoms with Crippen molar-refractivity contribution < 1.29 is 13.2 Å². The van der Waals surface area contributed by atoms with E-state index in [2.05, 4.69) is 10.0 Å². The van der Waals surface area contributed by atoms with Gasteiger partial charge in [0.2, 0.25) is 15.9 Å². The summed E-state index contributed by atoms with van der Waals surface area (Å²) in [5, 5.41) is 3.12. The number of hydrogen-bond acceptors (Lipinski definition) is 4. The third-order valence-corrected chi connectivity index (χ3v) is 4.61. The van der Waals surface area contributed by atoms with Crippen molar-refractivity contribution in [3.63, 3.8) is 0 Å². The third-order valence-electron chi connectivity index (χ3n) is 3.88. The second kappa shape index (κ2) is 6.19. The standard InChI is InChI=1S/C12H23N3O3S/c1-19(17,18)14-6-5-11-4-2-3-7-15(11)12(16)10-8-13-9-10/h10-11,13-14H,2-9H2,1H3. The summed E-state index contributed by atoms with van der Waals surface area (Å²) in [6, 6.07) is 0.191. The summed E-state index contributed by atoms with van der Waals surface area (Å²) in [6.45, 7) is 2.79. The fraction of sp³-hybridized carbons (Fsp3) is 0.917. The summed E-state index contributed by atoms with van der Waals surface area (Å²) in [6.07, 6.45) is 5.03. The average molecular weight is 289 g/mol. The summed E-state index contributed by atoms with van der Waals surface area (Å²) >= 11 is 0. The van der Waals surface area contributed by atoms with Crippen LogP contribution in [0.3, 0.4) is 0 Å². The van der Waals surface area contributed by atoms with E-state index in [1.54, 1.807) is 0 Å². The van der Waals surface area contributed by atoms with Crippen molar-refractivity contribution >= 4 is 15.9 Å². The van der Waals surface area contributed by atoms with Crippen LogP contribution >= 0.6 is 0 Å². The normalized spacial score (nSPS) is 25.1. The van der Waals surface area contributed by atoms with Crippen LogP contribution in [0.25, 0.3) is 0 Å². The van der Waals surface area contributed by atoms with Gasteiger partial charge < -0.3 is 10.2 Å². The van der Waals surface area contributed by atoms with Crippen molar-refractivity contribution in [1.29, 1.82) is 0 Å². The predicted octanol–water partition coefficient (Wildman–Crippen LogP) is -0.474. The van der Waals surface area contributed by atoms with Crippen molar-refractivity contribution in [3.8, 4) is 0 Å². The van der Waals surface area contributed by atoms with Crippen molar-refractivity contribution in [2.75, 3.05) is 32.4 Å². The molecule has 0 radical (unpaired) electrons. The maximum atomic E-state index is 12.3. The van der Waals surface area contributed by atoms with E-state index < -0.39 is 10.0 Å². The first-order valence-electron chi connectivity index (χ1n) is 6.93. The van der Waals surface area contributed by atoms with Gasteiger partial charge in [0.15, 0.2) is 0 Å². The Hall–Kier alpha value is -0.660. The van der Waals surface area contributed by atoms with Gasteiger partial charge in [-0.15, -0.1) is 0 Å². The molecular formula is C12H23N3O3S. The summed E-state index contributed by atoms with van der Waals surface area (Å²) in [5.41, 5.74) is 0. The Labute approximate surface area is 115 Å². The van der Waals surface area contributed by atoms with Crippen LogP contribution in [-0.2, 0) is 14.8 Å². The Morgan fingerprint density at radius 3 is 2.68 bits per heavy atom. The molecule has 1 atom stereocenters. The summed E-state index contributed by atoms with van der Waals surface area (Å²) < 4.78 is 24.6. The smallest absolute Gasteiger partial charge is 0.228 e. The summed E-state index contributed by atoms with van der Waals surface area (Å²) in [5.74, 6) is 0.367. The number of carbonyl (C=O) groups is 1. The van der Waals surface area contributed by atoms with Crippen molar-refractivity contribution in [3.05, 3.63) is 0 Å². The first-order valence-corrected chi connectivity index (χ1v) is 8.82. The zero-order chi connectivity index (χ0) is 13.9. The molecule has 0 aliphatic carbocycles. The molecule has 0 saturated carbocycles. The van der Waals surface area contributed by atoms with Crippen molar-refractivity contribution in [2.24, 2.45) is 5.92 Å². The van der Waals surface area contributed by atoms with Crippen LogP contribution < -0.4 is 10.0 Å². The Bertz CT molecular complexity index is 420. The van der Waals surface area contributed by atoms with E-state index in [4.69, 9.17) is 0 Å². The number of rotatable bonds is 5. The molecule has 2 saturated heterocycles. The molecule has 0 bridgehead atoms. The van der Waals surface area contributed by atoms with Crippen LogP contribution in [0.2, 0.25) is 0 Å². The molecule has 6 nitrogen and oxygen atoms in total. The molecule has 19 heavy (non-hydrogen) atoms. The highest BCUT2D eigenvalue weighted by molar-refractivity contribution is 7.88. The van der Waals surface area contributed by atoms with E-state index >= 15 is 0 Å². The number of nitrogens with zero attached hydrogens (tertiary/aromatic N) is 1. The van der Waals surface area contributed by atoms with E-state index in [0.29, 0.717) is 13.0 Å². The lowest BCUT2D eigenvalue weighted by atomic mass is 9.94. The van der Waals surface area contributed by atoms with Gasteiger partial charge >= 0.3 is 0 Å². The van der Waals surface area contributed by atoms with Crippen LogP contribution in [0.15, 0.2) is 0 Å². The highest BCUT2D eigenvalue weighted by Crippen LogP contribution is 2.22. The zero-order valence-electron chi connectivity index (χ0n) is 11.4. The Morgan fingerprint density at radius 1 is 1.37 bits per heavy atom. The van der Waals surface area contributed by atoms with E-state index in [1.165, 1.54) is 0 Å². The molecule has 2 N–H and O–H groups in total. The van der Waals surface area contributed by atoms with Crippen LogP contribution in [0.1, 0.15) is 25.7 Å². The molecule has 0 aromatic heterocycles. The van der Waals surface area contributed by atoms with Gasteiger partial charge in [-0.2, -0.15) is 0 Å². The lowest BCUT2D eigenvalue weighted by Gasteiger charge is -2.40. The molecule has 1 unspecified atom stereocenters. The Morgan fingerprint density at radius 2 is 2.11 bits per heavy atom. The predicted molar refractivity (Wildman–Crippen MR) is 73.2 cm³/mol. The first-order chi connectivity index (χ1) is 8.97. The molecule has 2 aliphatic rings.